The third kappa shape index (κ3) is 2.42. The highest BCUT2D eigenvalue weighted by atomic mass is 16.5. The maximum Gasteiger partial charge on any atom is 0.228 e. The lowest BCUT2D eigenvalue weighted by molar-refractivity contribution is -0.116. The van der Waals surface area contributed by atoms with Crippen LogP contribution in [-0.4, -0.2) is 32.5 Å². The smallest absolute Gasteiger partial charge is 0.228 e. The van der Waals surface area contributed by atoms with Crippen molar-refractivity contribution in [1.29, 1.82) is 0 Å². The highest BCUT2D eigenvalue weighted by Gasteiger charge is 2.39. The van der Waals surface area contributed by atoms with Crippen LogP contribution in [0.25, 0.3) is 5.65 Å². The van der Waals surface area contributed by atoms with Crippen LogP contribution in [0.2, 0.25) is 0 Å². The third-order valence-corrected chi connectivity index (χ3v) is 5.15. The average Bonchev–Trinajstić information content (AvgIpc) is 3.07. The Morgan fingerprint density at radius 3 is 2.81 bits per heavy atom. The lowest BCUT2D eigenvalue weighted by Crippen LogP contribution is -2.26. The molecule has 2 aliphatic rings. The second-order valence-corrected chi connectivity index (χ2v) is 6.81. The van der Waals surface area contributed by atoms with Crippen molar-refractivity contribution in [2.45, 2.75) is 32.1 Å². The molecule has 3 heterocycles. The molecule has 2 aromatic heterocycles. The largest absolute Gasteiger partial charge is 0.497 e. The van der Waals surface area contributed by atoms with Gasteiger partial charge in [0.1, 0.15) is 23.7 Å². The van der Waals surface area contributed by atoms with Gasteiger partial charge in [-0.05, 0) is 31.0 Å². The Hall–Kier alpha value is -3.22. The molecule has 1 atom stereocenters. The van der Waals surface area contributed by atoms with Gasteiger partial charge in [-0.2, -0.15) is 5.10 Å². The number of carbonyl (C=O) groups is 1. The summed E-state index contributed by atoms with van der Waals surface area (Å²) in [7, 11) is 1.64. The van der Waals surface area contributed by atoms with E-state index in [4.69, 9.17) is 9.47 Å². The van der Waals surface area contributed by atoms with Crippen molar-refractivity contribution in [3.8, 4) is 11.6 Å². The zero-order chi connectivity index (χ0) is 18.5. The number of ether oxygens (including phenoxy) is 2. The second kappa shape index (κ2) is 5.90. The van der Waals surface area contributed by atoms with Gasteiger partial charge in [0.25, 0.3) is 0 Å². The molecular formula is C20H18N4O3. The summed E-state index contributed by atoms with van der Waals surface area (Å²) in [5.41, 5.74) is 3.16. The van der Waals surface area contributed by atoms with Gasteiger partial charge in [0.15, 0.2) is 11.4 Å². The molecule has 5 rings (SSSR count). The van der Waals surface area contributed by atoms with Gasteiger partial charge in [0.2, 0.25) is 5.88 Å². The maximum atomic E-state index is 12.9. The molecule has 3 aromatic rings. The van der Waals surface area contributed by atoms with Crippen molar-refractivity contribution < 1.29 is 14.3 Å². The number of hydrogen-bond donors (Lipinski definition) is 0. The van der Waals surface area contributed by atoms with Gasteiger partial charge < -0.3 is 9.47 Å². The summed E-state index contributed by atoms with van der Waals surface area (Å²) in [6.45, 7) is 1.84. The Bertz CT molecular complexity index is 1100. The van der Waals surface area contributed by atoms with Crippen molar-refractivity contribution in [3.05, 3.63) is 58.9 Å². The Labute approximate surface area is 155 Å². The number of methoxy groups -OCH3 is 1. The van der Waals surface area contributed by atoms with E-state index in [0.717, 1.165) is 41.1 Å². The van der Waals surface area contributed by atoms with E-state index in [0.29, 0.717) is 23.8 Å². The lowest BCUT2D eigenvalue weighted by Gasteiger charge is -2.32. The molecule has 1 aliphatic heterocycles. The molecule has 0 bridgehead atoms. The molecule has 0 radical (unpaired) electrons. The zero-order valence-corrected chi connectivity index (χ0v) is 15.1. The van der Waals surface area contributed by atoms with Gasteiger partial charge in [-0.3, -0.25) is 4.79 Å². The monoisotopic (exact) mass is 362 g/mol. The average molecular weight is 362 g/mol. The Balaban J connectivity index is 1.79. The van der Waals surface area contributed by atoms with E-state index < -0.39 is 0 Å². The van der Waals surface area contributed by atoms with Gasteiger partial charge in [0.05, 0.1) is 12.7 Å². The number of allylic oxidation sites excluding steroid dienone is 2. The van der Waals surface area contributed by atoms with Crippen molar-refractivity contribution in [2.24, 2.45) is 0 Å². The minimum absolute atomic E-state index is 0.126. The lowest BCUT2D eigenvalue weighted by atomic mass is 9.78. The summed E-state index contributed by atoms with van der Waals surface area (Å²) in [6, 6.07) is 7.77. The summed E-state index contributed by atoms with van der Waals surface area (Å²) in [6.07, 6.45) is 3.68. The Morgan fingerprint density at radius 1 is 1.22 bits per heavy atom. The van der Waals surface area contributed by atoms with Crippen LogP contribution >= 0.6 is 0 Å². The highest BCUT2D eigenvalue weighted by Crippen LogP contribution is 2.47. The number of aromatic nitrogens is 4. The zero-order valence-electron chi connectivity index (χ0n) is 15.1. The minimum Gasteiger partial charge on any atom is -0.497 e. The molecule has 0 amide bonds. The molecule has 0 unspecified atom stereocenters. The van der Waals surface area contributed by atoms with Crippen LogP contribution < -0.4 is 9.47 Å². The topological polar surface area (TPSA) is 78.6 Å². The summed E-state index contributed by atoms with van der Waals surface area (Å²) in [5, 5.41) is 4.37. The third-order valence-electron chi connectivity index (χ3n) is 5.15. The number of aryl methyl sites for hydroxylation is 1. The van der Waals surface area contributed by atoms with Crippen LogP contribution in [-0.2, 0) is 4.79 Å². The maximum absolute atomic E-state index is 12.9. The normalized spacial score (nSPS) is 18.9. The van der Waals surface area contributed by atoms with E-state index in [1.54, 1.807) is 18.0 Å². The molecule has 7 heteroatoms. The molecule has 1 aromatic carbocycles. The minimum atomic E-state index is -0.276. The van der Waals surface area contributed by atoms with Crippen LogP contribution in [0.4, 0.5) is 0 Å². The first kappa shape index (κ1) is 16.0. The van der Waals surface area contributed by atoms with Crippen molar-refractivity contribution >= 4 is 11.4 Å². The van der Waals surface area contributed by atoms with Crippen LogP contribution in [0, 0.1) is 6.92 Å². The fraction of sp³-hybridized carbons (Fsp3) is 0.300. The number of ketones is 1. The quantitative estimate of drug-likeness (QED) is 0.697. The first-order valence-corrected chi connectivity index (χ1v) is 8.95. The predicted octanol–water partition coefficient (Wildman–Crippen LogP) is 2.97. The van der Waals surface area contributed by atoms with Gasteiger partial charge in [0, 0.05) is 24.3 Å². The van der Waals surface area contributed by atoms with E-state index in [9.17, 15) is 4.79 Å². The van der Waals surface area contributed by atoms with E-state index >= 15 is 0 Å². The van der Waals surface area contributed by atoms with E-state index in [-0.39, 0.29) is 11.7 Å². The van der Waals surface area contributed by atoms with Crippen LogP contribution in [0.3, 0.4) is 0 Å². The van der Waals surface area contributed by atoms with Gasteiger partial charge in [-0.25, -0.2) is 14.5 Å². The molecule has 1 aliphatic carbocycles. The molecule has 0 N–H and O–H groups in total. The van der Waals surface area contributed by atoms with Gasteiger partial charge in [-0.1, -0.05) is 12.1 Å². The van der Waals surface area contributed by atoms with Gasteiger partial charge >= 0.3 is 0 Å². The van der Waals surface area contributed by atoms with E-state index in [1.165, 1.54) is 0 Å². The fourth-order valence-electron chi connectivity index (χ4n) is 3.95. The highest BCUT2D eigenvalue weighted by molar-refractivity contribution is 6.00. The number of fused-ring (bicyclic) bond motifs is 3. The SMILES string of the molecule is COc1ccc([C@@H]2C3=C(CCCC3=O)Oc3ncn4nc(C)nc4c32)cc1. The molecule has 0 saturated heterocycles. The van der Waals surface area contributed by atoms with Crippen LogP contribution in [0.15, 0.2) is 41.9 Å². The molecule has 0 saturated carbocycles. The van der Waals surface area contributed by atoms with Crippen LogP contribution in [0.5, 0.6) is 11.6 Å². The van der Waals surface area contributed by atoms with Crippen molar-refractivity contribution in [1.82, 2.24) is 19.6 Å². The number of nitrogens with zero attached hydrogens (tertiary/aromatic N) is 4. The number of rotatable bonds is 2. The predicted molar refractivity (Wildman–Crippen MR) is 96.9 cm³/mol. The number of Topliss-reactive ketones (excluding diaryl/α,β-unsaturated/α-hetero) is 1. The van der Waals surface area contributed by atoms with Crippen molar-refractivity contribution in [2.75, 3.05) is 7.11 Å². The number of benzene rings is 1. The molecule has 7 nitrogen and oxygen atoms in total. The molecular weight excluding hydrogens is 344 g/mol. The standard InChI is InChI=1S/C20H18N4O3/c1-11-22-19-18-16(12-6-8-13(26-2)9-7-12)17-14(25)4-3-5-15(17)27-20(18)21-10-24(19)23-11/h6-10,16H,3-5H2,1-2H3/t16-/m1/s1. The summed E-state index contributed by atoms with van der Waals surface area (Å²) >= 11 is 0. The Morgan fingerprint density at radius 2 is 2.04 bits per heavy atom. The summed E-state index contributed by atoms with van der Waals surface area (Å²) in [4.78, 5) is 21.9. The van der Waals surface area contributed by atoms with E-state index in [2.05, 4.69) is 15.1 Å². The fourth-order valence-corrected chi connectivity index (χ4v) is 3.95. The van der Waals surface area contributed by atoms with Crippen molar-refractivity contribution in [3.63, 3.8) is 0 Å². The number of hydrogen-bond acceptors (Lipinski definition) is 6. The molecule has 0 spiro atoms. The first-order valence-electron chi connectivity index (χ1n) is 8.95. The Kier molecular flexibility index (Phi) is 3.50. The molecule has 136 valence electrons. The van der Waals surface area contributed by atoms with Crippen LogP contribution in [0.1, 0.15) is 42.1 Å². The van der Waals surface area contributed by atoms with Gasteiger partial charge in [-0.15, -0.1) is 0 Å². The first-order chi connectivity index (χ1) is 13.2. The molecule has 0 fully saturated rings. The summed E-state index contributed by atoms with van der Waals surface area (Å²) in [5.74, 6) is 2.50. The molecule has 27 heavy (non-hydrogen) atoms. The van der Waals surface area contributed by atoms with E-state index in [1.807, 2.05) is 31.2 Å². The number of carbonyl (C=O) groups excluding carboxylic acids is 1. The summed E-state index contributed by atoms with van der Waals surface area (Å²) < 4.78 is 13.0. The second-order valence-electron chi connectivity index (χ2n) is 6.81.